The van der Waals surface area contributed by atoms with Gasteiger partial charge in [0.15, 0.2) is 0 Å². The normalized spacial score (nSPS) is 21.7. The van der Waals surface area contributed by atoms with Gasteiger partial charge in [0.2, 0.25) is 0 Å². The van der Waals surface area contributed by atoms with Crippen molar-refractivity contribution in [3.63, 3.8) is 0 Å². The summed E-state index contributed by atoms with van der Waals surface area (Å²) in [6.45, 7) is 1.78. The summed E-state index contributed by atoms with van der Waals surface area (Å²) < 4.78 is 1.33. The van der Waals surface area contributed by atoms with Crippen LogP contribution >= 0.6 is 0 Å². The summed E-state index contributed by atoms with van der Waals surface area (Å²) in [6, 6.07) is 1.83. The van der Waals surface area contributed by atoms with E-state index in [1.807, 2.05) is 0 Å². The Kier molecular flexibility index (Phi) is 2.73. The van der Waals surface area contributed by atoms with Crippen molar-refractivity contribution in [1.82, 2.24) is 9.78 Å². The standard InChI is InChI=1S/C10H16N4O/c1-13-10(15)5-9(6-12-13)14-4-2-3-8(11)7-14/h5-6,8H,2-4,7,11H2,1H3/t8-/m0/s1. The monoisotopic (exact) mass is 208 g/mol. The zero-order valence-corrected chi connectivity index (χ0v) is 8.89. The zero-order valence-electron chi connectivity index (χ0n) is 8.89. The summed E-state index contributed by atoms with van der Waals surface area (Å²) in [6.07, 6.45) is 3.87. The van der Waals surface area contributed by atoms with E-state index in [0.29, 0.717) is 0 Å². The molecule has 0 aliphatic carbocycles. The fourth-order valence-electron chi connectivity index (χ4n) is 1.88. The Balaban J connectivity index is 2.21. The number of piperidine rings is 1. The highest BCUT2D eigenvalue weighted by molar-refractivity contribution is 5.43. The number of hydrogen-bond acceptors (Lipinski definition) is 4. The van der Waals surface area contributed by atoms with Crippen molar-refractivity contribution in [1.29, 1.82) is 0 Å². The topological polar surface area (TPSA) is 64.2 Å². The molecule has 1 atom stereocenters. The second-order valence-electron chi connectivity index (χ2n) is 4.02. The lowest BCUT2D eigenvalue weighted by atomic mass is 10.1. The van der Waals surface area contributed by atoms with Crippen LogP contribution in [0.2, 0.25) is 0 Å². The van der Waals surface area contributed by atoms with Crippen LogP contribution in [0.1, 0.15) is 12.8 Å². The second-order valence-corrected chi connectivity index (χ2v) is 4.02. The molecular formula is C10H16N4O. The summed E-state index contributed by atoms with van der Waals surface area (Å²) in [7, 11) is 1.65. The second kappa shape index (κ2) is 4.02. The number of nitrogens with two attached hydrogens (primary N) is 1. The summed E-state index contributed by atoms with van der Waals surface area (Å²) >= 11 is 0. The smallest absolute Gasteiger partial charge is 0.268 e. The van der Waals surface area contributed by atoms with Crippen molar-refractivity contribution >= 4 is 5.69 Å². The third kappa shape index (κ3) is 2.18. The van der Waals surface area contributed by atoms with Gasteiger partial charge in [-0.05, 0) is 12.8 Å². The number of aromatic nitrogens is 2. The molecule has 0 aromatic carbocycles. The van der Waals surface area contributed by atoms with Crippen molar-refractivity contribution in [2.75, 3.05) is 18.0 Å². The molecule has 1 saturated heterocycles. The van der Waals surface area contributed by atoms with Crippen LogP contribution in [0.3, 0.4) is 0 Å². The number of aryl methyl sites for hydroxylation is 1. The maximum Gasteiger partial charge on any atom is 0.268 e. The van der Waals surface area contributed by atoms with Gasteiger partial charge in [-0.3, -0.25) is 4.79 Å². The van der Waals surface area contributed by atoms with E-state index in [0.717, 1.165) is 31.6 Å². The molecule has 15 heavy (non-hydrogen) atoms. The predicted octanol–water partition coefficient (Wildman–Crippen LogP) is -0.292. The fraction of sp³-hybridized carbons (Fsp3) is 0.600. The van der Waals surface area contributed by atoms with Crippen LogP contribution in [0.25, 0.3) is 0 Å². The highest BCUT2D eigenvalue weighted by atomic mass is 16.1. The van der Waals surface area contributed by atoms with Crippen molar-refractivity contribution in [2.24, 2.45) is 12.8 Å². The van der Waals surface area contributed by atoms with Crippen LogP contribution in [0.4, 0.5) is 5.69 Å². The molecule has 0 saturated carbocycles. The summed E-state index contributed by atoms with van der Waals surface area (Å²) in [5.74, 6) is 0. The number of hydrogen-bond donors (Lipinski definition) is 1. The Hall–Kier alpha value is -1.36. The van der Waals surface area contributed by atoms with Gasteiger partial charge in [-0.1, -0.05) is 0 Å². The van der Waals surface area contributed by atoms with Crippen LogP contribution in [0, 0.1) is 0 Å². The lowest BCUT2D eigenvalue weighted by molar-refractivity contribution is 0.504. The third-order valence-electron chi connectivity index (χ3n) is 2.78. The van der Waals surface area contributed by atoms with E-state index in [1.165, 1.54) is 4.68 Å². The lowest BCUT2D eigenvalue weighted by Crippen LogP contribution is -2.43. The summed E-state index contributed by atoms with van der Waals surface area (Å²) in [5.41, 5.74) is 6.69. The van der Waals surface area contributed by atoms with Gasteiger partial charge < -0.3 is 10.6 Å². The molecule has 5 heteroatoms. The Bertz CT molecular complexity index is 401. The predicted molar refractivity (Wildman–Crippen MR) is 58.9 cm³/mol. The molecule has 0 amide bonds. The van der Waals surface area contributed by atoms with Gasteiger partial charge >= 0.3 is 0 Å². The molecule has 1 aromatic rings. The van der Waals surface area contributed by atoms with Gasteiger partial charge in [-0.15, -0.1) is 0 Å². The minimum absolute atomic E-state index is 0.0772. The summed E-state index contributed by atoms with van der Waals surface area (Å²) in [4.78, 5) is 13.5. The number of rotatable bonds is 1. The minimum atomic E-state index is -0.0772. The van der Waals surface area contributed by atoms with Crippen LogP contribution < -0.4 is 16.2 Å². The van der Waals surface area contributed by atoms with E-state index in [1.54, 1.807) is 19.3 Å². The van der Waals surface area contributed by atoms with Crippen molar-refractivity contribution < 1.29 is 0 Å². The molecule has 82 valence electrons. The van der Waals surface area contributed by atoms with Gasteiger partial charge in [-0.25, -0.2) is 4.68 Å². The molecule has 1 aliphatic rings. The average molecular weight is 208 g/mol. The molecule has 0 bridgehead atoms. The minimum Gasteiger partial charge on any atom is -0.369 e. The van der Waals surface area contributed by atoms with Gasteiger partial charge in [0.25, 0.3) is 5.56 Å². The van der Waals surface area contributed by atoms with Gasteiger partial charge in [0.1, 0.15) is 0 Å². The van der Waals surface area contributed by atoms with Gasteiger partial charge in [0.05, 0.1) is 11.9 Å². The van der Waals surface area contributed by atoms with E-state index in [2.05, 4.69) is 10.00 Å². The molecule has 0 unspecified atom stereocenters. The first kappa shape index (κ1) is 10.2. The van der Waals surface area contributed by atoms with Crippen LogP contribution in [0.15, 0.2) is 17.1 Å². The molecule has 5 nitrogen and oxygen atoms in total. The van der Waals surface area contributed by atoms with Gasteiger partial charge in [0, 0.05) is 32.2 Å². The summed E-state index contributed by atoms with van der Waals surface area (Å²) in [5, 5.41) is 4.00. The van der Waals surface area contributed by atoms with E-state index in [-0.39, 0.29) is 11.6 Å². The highest BCUT2D eigenvalue weighted by Gasteiger charge is 2.17. The number of nitrogens with zero attached hydrogens (tertiary/aromatic N) is 3. The quantitative estimate of drug-likeness (QED) is 0.688. The Labute approximate surface area is 88.5 Å². The Morgan fingerprint density at radius 2 is 2.40 bits per heavy atom. The first-order valence-corrected chi connectivity index (χ1v) is 5.21. The average Bonchev–Trinajstić information content (AvgIpc) is 2.22. The first-order valence-electron chi connectivity index (χ1n) is 5.21. The molecule has 2 N–H and O–H groups in total. The molecular weight excluding hydrogens is 192 g/mol. The van der Waals surface area contributed by atoms with E-state index < -0.39 is 0 Å². The lowest BCUT2D eigenvalue weighted by Gasteiger charge is -2.32. The molecule has 2 heterocycles. The largest absolute Gasteiger partial charge is 0.369 e. The SMILES string of the molecule is Cn1ncc(N2CCC[C@H](N)C2)cc1=O. The van der Waals surface area contributed by atoms with E-state index >= 15 is 0 Å². The van der Waals surface area contributed by atoms with Crippen molar-refractivity contribution in [3.05, 3.63) is 22.6 Å². The molecule has 0 spiro atoms. The molecule has 1 aromatic heterocycles. The highest BCUT2D eigenvalue weighted by Crippen LogP contribution is 2.16. The Morgan fingerprint density at radius 1 is 1.60 bits per heavy atom. The molecule has 0 radical (unpaired) electrons. The van der Waals surface area contributed by atoms with Gasteiger partial charge in [-0.2, -0.15) is 5.10 Å². The maximum absolute atomic E-state index is 11.4. The molecule has 1 aliphatic heterocycles. The van der Waals surface area contributed by atoms with Crippen molar-refractivity contribution in [2.45, 2.75) is 18.9 Å². The van der Waals surface area contributed by atoms with Crippen LogP contribution in [-0.4, -0.2) is 28.9 Å². The van der Waals surface area contributed by atoms with E-state index in [9.17, 15) is 4.79 Å². The number of anilines is 1. The third-order valence-corrected chi connectivity index (χ3v) is 2.78. The molecule has 2 rings (SSSR count). The first-order chi connectivity index (χ1) is 7.16. The van der Waals surface area contributed by atoms with Crippen LogP contribution in [0.5, 0.6) is 0 Å². The maximum atomic E-state index is 11.4. The molecule has 1 fully saturated rings. The Morgan fingerprint density at radius 3 is 3.07 bits per heavy atom. The van der Waals surface area contributed by atoms with Crippen LogP contribution in [-0.2, 0) is 7.05 Å². The van der Waals surface area contributed by atoms with Crippen molar-refractivity contribution in [3.8, 4) is 0 Å². The zero-order chi connectivity index (χ0) is 10.8. The fourth-order valence-corrected chi connectivity index (χ4v) is 1.88. The van der Waals surface area contributed by atoms with E-state index in [4.69, 9.17) is 5.73 Å².